The second-order valence-electron chi connectivity index (χ2n) is 5.95. The van der Waals surface area contributed by atoms with Crippen molar-refractivity contribution in [2.24, 2.45) is 0 Å². The van der Waals surface area contributed by atoms with Gasteiger partial charge in [0, 0.05) is 19.2 Å². The van der Waals surface area contributed by atoms with Crippen molar-refractivity contribution in [3.05, 3.63) is 52.6 Å². The van der Waals surface area contributed by atoms with Crippen molar-refractivity contribution < 1.29 is 23.9 Å². The normalized spacial score (nSPS) is 15.0. The van der Waals surface area contributed by atoms with E-state index in [1.165, 1.54) is 30.2 Å². The molecule has 0 aromatic heterocycles. The quantitative estimate of drug-likeness (QED) is 0.638. The number of anilines is 1. The van der Waals surface area contributed by atoms with Crippen molar-refractivity contribution in [3.63, 3.8) is 0 Å². The highest BCUT2D eigenvalue weighted by Crippen LogP contribution is 2.31. The molecule has 1 heterocycles. The molecule has 1 N–H and O–H groups in total. The minimum Gasteiger partial charge on any atom is -0.495 e. The zero-order chi connectivity index (χ0) is 19.4. The molecule has 2 amide bonds. The Balaban J connectivity index is 1.65. The number of likely N-dealkylation sites (N-methyl/N-ethyl adjacent to an activating group) is 1. The number of fused-ring (bicyclic) bond motifs is 1. The van der Waals surface area contributed by atoms with E-state index in [0.717, 1.165) is 0 Å². The number of nitro benzene ring substituents is 1. The van der Waals surface area contributed by atoms with Crippen LogP contribution >= 0.6 is 0 Å². The molecule has 3 rings (SSSR count). The average molecular weight is 373 g/mol. The molecule has 1 aliphatic heterocycles. The number of amides is 2. The molecule has 0 spiro atoms. The molecule has 9 heteroatoms. The molecule has 1 aliphatic rings. The van der Waals surface area contributed by atoms with Gasteiger partial charge in [-0.25, -0.2) is 4.79 Å². The van der Waals surface area contributed by atoms with Gasteiger partial charge in [-0.3, -0.25) is 10.1 Å². The minimum absolute atomic E-state index is 0.144. The predicted molar refractivity (Wildman–Crippen MR) is 97.7 cm³/mol. The first kappa shape index (κ1) is 18.3. The monoisotopic (exact) mass is 373 g/mol. The van der Waals surface area contributed by atoms with Crippen LogP contribution in [-0.4, -0.2) is 49.3 Å². The molecular formula is C18H19N3O6. The number of benzene rings is 2. The molecule has 9 nitrogen and oxygen atoms in total. The number of methoxy groups -OCH3 is 1. The number of hydrogen-bond acceptors (Lipinski definition) is 6. The fourth-order valence-electron chi connectivity index (χ4n) is 2.66. The fraction of sp³-hybridized carbons (Fsp3) is 0.278. The third-order valence-corrected chi connectivity index (χ3v) is 4.03. The van der Waals surface area contributed by atoms with Gasteiger partial charge in [0.05, 0.1) is 24.3 Å². The summed E-state index contributed by atoms with van der Waals surface area (Å²) in [5.74, 6) is 1.62. The minimum atomic E-state index is -0.538. The first-order chi connectivity index (χ1) is 13.0. The molecule has 0 aliphatic carbocycles. The topological polar surface area (TPSA) is 103 Å². The third kappa shape index (κ3) is 4.20. The lowest BCUT2D eigenvalue weighted by atomic mass is 10.2. The van der Waals surface area contributed by atoms with Gasteiger partial charge in [-0.1, -0.05) is 12.1 Å². The molecule has 2 aromatic carbocycles. The first-order valence-electron chi connectivity index (χ1n) is 8.21. The van der Waals surface area contributed by atoms with Crippen LogP contribution in [0.25, 0.3) is 0 Å². The van der Waals surface area contributed by atoms with Crippen molar-refractivity contribution in [1.29, 1.82) is 0 Å². The maximum Gasteiger partial charge on any atom is 0.321 e. The number of nitrogens with one attached hydrogen (secondary N) is 1. The van der Waals surface area contributed by atoms with Crippen molar-refractivity contribution in [1.82, 2.24) is 4.90 Å². The number of hydrogen-bond donors (Lipinski definition) is 1. The van der Waals surface area contributed by atoms with E-state index in [-0.39, 0.29) is 24.0 Å². The number of rotatable bonds is 5. The molecule has 0 bridgehead atoms. The Bertz CT molecular complexity index is 857. The molecule has 0 saturated heterocycles. The van der Waals surface area contributed by atoms with E-state index in [0.29, 0.717) is 23.9 Å². The van der Waals surface area contributed by atoms with E-state index in [1.807, 2.05) is 18.2 Å². The van der Waals surface area contributed by atoms with E-state index < -0.39 is 11.0 Å². The van der Waals surface area contributed by atoms with E-state index in [2.05, 4.69) is 5.32 Å². The Morgan fingerprint density at radius 3 is 2.78 bits per heavy atom. The van der Waals surface area contributed by atoms with Gasteiger partial charge in [0.25, 0.3) is 5.69 Å². The smallest absolute Gasteiger partial charge is 0.321 e. The summed E-state index contributed by atoms with van der Waals surface area (Å²) in [6.45, 7) is 0.589. The van der Waals surface area contributed by atoms with Crippen LogP contribution in [-0.2, 0) is 0 Å². The number of nitrogens with zero attached hydrogens (tertiary/aromatic N) is 2. The summed E-state index contributed by atoms with van der Waals surface area (Å²) in [4.78, 5) is 24.3. The Morgan fingerprint density at radius 2 is 2.07 bits per heavy atom. The summed E-state index contributed by atoms with van der Waals surface area (Å²) in [5, 5.41) is 13.6. The van der Waals surface area contributed by atoms with E-state index >= 15 is 0 Å². The van der Waals surface area contributed by atoms with Gasteiger partial charge in [-0.05, 0) is 18.2 Å². The summed E-state index contributed by atoms with van der Waals surface area (Å²) in [6.07, 6.45) is -0.331. The summed E-state index contributed by atoms with van der Waals surface area (Å²) in [7, 11) is 3.02. The molecule has 0 saturated carbocycles. The number of ether oxygens (including phenoxy) is 3. The van der Waals surface area contributed by atoms with Crippen LogP contribution in [0.3, 0.4) is 0 Å². The van der Waals surface area contributed by atoms with E-state index in [4.69, 9.17) is 14.2 Å². The molecule has 0 radical (unpaired) electrons. The summed E-state index contributed by atoms with van der Waals surface area (Å²) >= 11 is 0. The van der Waals surface area contributed by atoms with Crippen LogP contribution in [0.5, 0.6) is 17.2 Å². The van der Waals surface area contributed by atoms with Gasteiger partial charge >= 0.3 is 6.03 Å². The molecule has 142 valence electrons. The van der Waals surface area contributed by atoms with Crippen LogP contribution in [0.2, 0.25) is 0 Å². The number of para-hydroxylation sites is 2. The number of carbonyl (C=O) groups is 1. The standard InChI is InChI=1S/C18H19N3O6/c1-20(10-13-11-26-16-5-3-4-6-17(16)27-13)18(22)19-14-9-12(21(23)24)7-8-15(14)25-2/h3-9,13H,10-11H2,1-2H3,(H,19,22)/t13-/m0/s1. The molecule has 0 unspecified atom stereocenters. The summed E-state index contributed by atoms with van der Waals surface area (Å²) in [5.41, 5.74) is 0.0732. The first-order valence-corrected chi connectivity index (χ1v) is 8.21. The number of non-ortho nitro benzene ring substituents is 1. The zero-order valence-corrected chi connectivity index (χ0v) is 14.9. The second-order valence-corrected chi connectivity index (χ2v) is 5.95. The Hall–Kier alpha value is -3.49. The van der Waals surface area contributed by atoms with Crippen LogP contribution in [0.4, 0.5) is 16.2 Å². The van der Waals surface area contributed by atoms with Gasteiger partial charge in [0.2, 0.25) is 0 Å². The molecular weight excluding hydrogens is 354 g/mol. The Kier molecular flexibility index (Phi) is 5.30. The average Bonchev–Trinajstić information content (AvgIpc) is 2.67. The molecule has 27 heavy (non-hydrogen) atoms. The fourth-order valence-corrected chi connectivity index (χ4v) is 2.66. The van der Waals surface area contributed by atoms with E-state index in [9.17, 15) is 14.9 Å². The summed E-state index contributed by atoms with van der Waals surface area (Å²) in [6, 6.07) is 10.9. The molecule has 0 fully saturated rings. The highest BCUT2D eigenvalue weighted by atomic mass is 16.6. The van der Waals surface area contributed by atoms with Crippen LogP contribution in [0.15, 0.2) is 42.5 Å². The number of urea groups is 1. The highest BCUT2D eigenvalue weighted by molar-refractivity contribution is 5.91. The molecule has 1 atom stereocenters. The highest BCUT2D eigenvalue weighted by Gasteiger charge is 2.24. The lowest BCUT2D eigenvalue weighted by molar-refractivity contribution is -0.384. The van der Waals surface area contributed by atoms with E-state index in [1.54, 1.807) is 13.1 Å². The lowest BCUT2D eigenvalue weighted by Crippen LogP contribution is -2.43. The van der Waals surface area contributed by atoms with Gasteiger partial charge in [0.15, 0.2) is 17.6 Å². The van der Waals surface area contributed by atoms with Crippen molar-refractivity contribution in [2.75, 3.05) is 32.6 Å². The predicted octanol–water partition coefficient (Wildman–Crippen LogP) is 2.91. The Labute approximate surface area is 155 Å². The van der Waals surface area contributed by atoms with Crippen molar-refractivity contribution in [2.45, 2.75) is 6.10 Å². The zero-order valence-electron chi connectivity index (χ0n) is 14.9. The van der Waals surface area contributed by atoms with Crippen molar-refractivity contribution in [3.8, 4) is 17.2 Å². The maximum atomic E-state index is 12.5. The third-order valence-electron chi connectivity index (χ3n) is 4.03. The number of nitro groups is 1. The van der Waals surface area contributed by atoms with Gasteiger partial charge in [-0.2, -0.15) is 0 Å². The second kappa shape index (κ2) is 7.81. The van der Waals surface area contributed by atoms with Gasteiger partial charge in [-0.15, -0.1) is 0 Å². The Morgan fingerprint density at radius 1 is 1.33 bits per heavy atom. The van der Waals surface area contributed by atoms with Crippen molar-refractivity contribution >= 4 is 17.4 Å². The van der Waals surface area contributed by atoms with Gasteiger partial charge < -0.3 is 24.4 Å². The lowest BCUT2D eigenvalue weighted by Gasteiger charge is -2.29. The maximum absolute atomic E-state index is 12.5. The molecule has 2 aromatic rings. The largest absolute Gasteiger partial charge is 0.495 e. The SMILES string of the molecule is COc1ccc([N+](=O)[O-])cc1NC(=O)N(C)C[C@H]1COc2ccccc2O1. The summed E-state index contributed by atoms with van der Waals surface area (Å²) < 4.78 is 16.6. The van der Waals surface area contributed by atoms with Crippen LogP contribution in [0.1, 0.15) is 0 Å². The number of carbonyl (C=O) groups excluding carboxylic acids is 1. The van der Waals surface area contributed by atoms with Gasteiger partial charge in [0.1, 0.15) is 12.4 Å². The van der Waals surface area contributed by atoms with Crippen LogP contribution < -0.4 is 19.5 Å². The van der Waals surface area contributed by atoms with Crippen LogP contribution in [0, 0.1) is 10.1 Å².